The molecule has 2 aromatic carbocycles. The molecule has 2 aromatic rings. The molecule has 108 valence electrons. The fraction of sp³-hybridized carbons (Fsp3) is 0.316. The maximum Gasteiger partial charge on any atom is 0.200 e. The zero-order chi connectivity index (χ0) is 15.1. The summed E-state index contributed by atoms with van der Waals surface area (Å²) in [4.78, 5) is 13.5. The Bertz CT molecular complexity index is 658. The lowest BCUT2D eigenvalue weighted by Gasteiger charge is -2.12. The molecule has 1 fully saturated rings. The van der Waals surface area contributed by atoms with Crippen molar-refractivity contribution in [3.63, 3.8) is 0 Å². The first-order valence-electron chi connectivity index (χ1n) is 7.30. The van der Waals surface area contributed by atoms with Gasteiger partial charge in [0.15, 0.2) is 5.12 Å². The molecule has 1 unspecified atom stereocenters. The molecule has 21 heavy (non-hydrogen) atoms. The van der Waals surface area contributed by atoms with E-state index in [-0.39, 0.29) is 10.8 Å². The van der Waals surface area contributed by atoms with Gasteiger partial charge in [0.1, 0.15) is 0 Å². The highest BCUT2D eigenvalue weighted by atomic mass is 32.2. The summed E-state index contributed by atoms with van der Waals surface area (Å²) in [5, 5.41) is 0.292. The van der Waals surface area contributed by atoms with Crippen LogP contribution in [-0.4, -0.2) is 5.12 Å². The third-order valence-corrected chi connectivity index (χ3v) is 5.93. The van der Waals surface area contributed by atoms with Gasteiger partial charge in [-0.25, -0.2) is 0 Å². The normalized spacial score (nSPS) is 22.8. The predicted octanol–water partition coefficient (Wildman–Crippen LogP) is 5.41. The number of carbonyl (C=O) groups is 1. The molecule has 0 bridgehead atoms. The summed E-state index contributed by atoms with van der Waals surface area (Å²) in [6.07, 6.45) is 0.994. The van der Waals surface area contributed by atoms with E-state index in [4.69, 9.17) is 0 Å². The van der Waals surface area contributed by atoms with Crippen molar-refractivity contribution in [1.29, 1.82) is 0 Å². The maximum absolute atomic E-state index is 12.4. The minimum absolute atomic E-state index is 0.154. The lowest BCUT2D eigenvalue weighted by Crippen LogP contribution is -2.13. The van der Waals surface area contributed by atoms with Crippen molar-refractivity contribution in [2.24, 2.45) is 10.8 Å². The second kappa shape index (κ2) is 5.03. The molecule has 0 aliphatic heterocycles. The minimum atomic E-state index is -0.157. The molecule has 0 N–H and O–H groups in total. The molecule has 2 heteroatoms. The molecule has 1 aliphatic carbocycles. The average Bonchev–Trinajstić information content (AvgIpc) is 3.01. The second-order valence-corrected chi connectivity index (χ2v) is 7.72. The van der Waals surface area contributed by atoms with Crippen molar-refractivity contribution >= 4 is 16.9 Å². The highest BCUT2D eigenvalue weighted by Crippen LogP contribution is 2.65. The van der Waals surface area contributed by atoms with Crippen LogP contribution in [0.3, 0.4) is 0 Å². The summed E-state index contributed by atoms with van der Waals surface area (Å²) in [5.74, 6) is 0. The Hall–Kier alpha value is -1.54. The number of thioether (sulfide) groups is 1. The number of benzene rings is 2. The van der Waals surface area contributed by atoms with Gasteiger partial charge < -0.3 is 0 Å². The van der Waals surface area contributed by atoms with Gasteiger partial charge in [-0.2, -0.15) is 0 Å². The third-order valence-electron chi connectivity index (χ3n) is 4.79. The highest BCUT2D eigenvalue weighted by Gasteiger charge is 2.62. The van der Waals surface area contributed by atoms with Crippen LogP contribution in [0, 0.1) is 10.8 Å². The molecular formula is C19H20OS. The molecule has 0 radical (unpaired) electrons. The molecular weight excluding hydrogens is 276 g/mol. The number of hydrogen-bond acceptors (Lipinski definition) is 2. The van der Waals surface area contributed by atoms with Crippen LogP contribution in [0.5, 0.6) is 0 Å². The van der Waals surface area contributed by atoms with Gasteiger partial charge >= 0.3 is 0 Å². The zero-order valence-electron chi connectivity index (χ0n) is 12.7. The van der Waals surface area contributed by atoms with E-state index in [0.717, 1.165) is 11.3 Å². The van der Waals surface area contributed by atoms with Gasteiger partial charge in [0.25, 0.3) is 0 Å². The van der Waals surface area contributed by atoms with Crippen LogP contribution in [0.15, 0.2) is 59.5 Å². The van der Waals surface area contributed by atoms with Gasteiger partial charge in [-0.05, 0) is 35.1 Å². The Morgan fingerprint density at radius 3 is 1.95 bits per heavy atom. The standard InChI is InChI=1S/C19H20OS/c1-18(2)13-19(18,3)17(20)21-16-11-9-15(10-12-16)14-7-5-4-6-8-14/h4-12H,13H2,1-3H3. The third kappa shape index (κ3) is 2.65. The Morgan fingerprint density at radius 2 is 1.43 bits per heavy atom. The van der Waals surface area contributed by atoms with Crippen LogP contribution < -0.4 is 0 Å². The monoisotopic (exact) mass is 296 g/mol. The van der Waals surface area contributed by atoms with E-state index in [9.17, 15) is 4.79 Å². The van der Waals surface area contributed by atoms with Crippen molar-refractivity contribution in [2.45, 2.75) is 32.1 Å². The summed E-state index contributed by atoms with van der Waals surface area (Å²) < 4.78 is 0. The van der Waals surface area contributed by atoms with Gasteiger partial charge in [0.05, 0.1) is 0 Å². The van der Waals surface area contributed by atoms with E-state index in [1.807, 2.05) is 30.3 Å². The molecule has 1 atom stereocenters. The van der Waals surface area contributed by atoms with E-state index >= 15 is 0 Å². The lowest BCUT2D eigenvalue weighted by atomic mass is 10.0. The summed E-state index contributed by atoms with van der Waals surface area (Å²) in [6, 6.07) is 18.6. The quantitative estimate of drug-likeness (QED) is 0.705. The topological polar surface area (TPSA) is 17.1 Å². The number of rotatable bonds is 3. The first-order chi connectivity index (χ1) is 9.92. The van der Waals surface area contributed by atoms with E-state index in [1.54, 1.807) is 0 Å². The van der Waals surface area contributed by atoms with Crippen molar-refractivity contribution in [1.82, 2.24) is 0 Å². The Morgan fingerprint density at radius 1 is 0.905 bits per heavy atom. The Labute approximate surface area is 130 Å². The van der Waals surface area contributed by atoms with E-state index in [2.05, 4.69) is 45.0 Å². The van der Waals surface area contributed by atoms with E-state index in [0.29, 0.717) is 5.12 Å². The highest BCUT2D eigenvalue weighted by molar-refractivity contribution is 8.13. The summed E-state index contributed by atoms with van der Waals surface area (Å²) in [5.41, 5.74) is 2.39. The SMILES string of the molecule is CC1(C)CC1(C)C(=O)Sc1ccc(-c2ccccc2)cc1. The van der Waals surface area contributed by atoms with Gasteiger partial charge in [-0.1, -0.05) is 75.0 Å². The largest absolute Gasteiger partial charge is 0.286 e. The van der Waals surface area contributed by atoms with Crippen LogP contribution in [-0.2, 0) is 4.79 Å². The van der Waals surface area contributed by atoms with Crippen molar-refractivity contribution in [2.75, 3.05) is 0 Å². The van der Waals surface area contributed by atoms with Crippen LogP contribution in [0.25, 0.3) is 11.1 Å². The molecule has 0 saturated heterocycles. The zero-order valence-corrected chi connectivity index (χ0v) is 13.5. The molecule has 1 saturated carbocycles. The Balaban J connectivity index is 1.73. The van der Waals surface area contributed by atoms with Crippen LogP contribution >= 0.6 is 11.8 Å². The molecule has 0 spiro atoms. The van der Waals surface area contributed by atoms with Crippen LogP contribution in [0.2, 0.25) is 0 Å². The first kappa shape index (κ1) is 14.4. The van der Waals surface area contributed by atoms with Gasteiger partial charge in [0, 0.05) is 10.3 Å². The molecule has 0 heterocycles. The average molecular weight is 296 g/mol. The van der Waals surface area contributed by atoms with Crippen molar-refractivity contribution in [3.8, 4) is 11.1 Å². The fourth-order valence-corrected chi connectivity index (χ4v) is 3.81. The summed E-state index contributed by atoms with van der Waals surface area (Å²) >= 11 is 1.38. The molecule has 0 amide bonds. The van der Waals surface area contributed by atoms with Crippen molar-refractivity contribution < 1.29 is 4.79 Å². The summed E-state index contributed by atoms with van der Waals surface area (Å²) in [6.45, 7) is 6.43. The minimum Gasteiger partial charge on any atom is -0.286 e. The van der Waals surface area contributed by atoms with Gasteiger partial charge in [-0.3, -0.25) is 4.79 Å². The number of carbonyl (C=O) groups excluding carboxylic acids is 1. The van der Waals surface area contributed by atoms with Crippen LogP contribution in [0.1, 0.15) is 27.2 Å². The lowest BCUT2D eigenvalue weighted by molar-refractivity contribution is -0.116. The van der Waals surface area contributed by atoms with Gasteiger partial charge in [-0.15, -0.1) is 0 Å². The smallest absolute Gasteiger partial charge is 0.200 e. The number of hydrogen-bond donors (Lipinski definition) is 0. The van der Waals surface area contributed by atoms with Crippen molar-refractivity contribution in [3.05, 3.63) is 54.6 Å². The second-order valence-electron chi connectivity index (χ2n) is 6.67. The molecule has 1 aliphatic rings. The molecule has 0 aromatic heterocycles. The Kier molecular flexibility index (Phi) is 3.45. The van der Waals surface area contributed by atoms with Crippen LogP contribution in [0.4, 0.5) is 0 Å². The van der Waals surface area contributed by atoms with E-state index in [1.165, 1.54) is 22.9 Å². The predicted molar refractivity (Wildman–Crippen MR) is 89.2 cm³/mol. The summed E-state index contributed by atoms with van der Waals surface area (Å²) in [7, 11) is 0. The first-order valence-corrected chi connectivity index (χ1v) is 8.12. The molecule has 3 rings (SSSR count). The fourth-order valence-electron chi connectivity index (χ4n) is 2.75. The molecule has 1 nitrogen and oxygen atoms in total. The maximum atomic E-state index is 12.4. The van der Waals surface area contributed by atoms with Gasteiger partial charge in [0.2, 0.25) is 0 Å². The van der Waals surface area contributed by atoms with E-state index < -0.39 is 0 Å².